The summed E-state index contributed by atoms with van der Waals surface area (Å²) in [5.74, 6) is 0. The molecule has 0 saturated carbocycles. The second-order valence-corrected chi connectivity index (χ2v) is 3.75. The quantitative estimate of drug-likeness (QED) is 0.886. The van der Waals surface area contributed by atoms with Gasteiger partial charge in [-0.05, 0) is 24.1 Å². The van der Waals surface area contributed by atoms with E-state index in [1.165, 1.54) is 19.2 Å². The van der Waals surface area contributed by atoms with Crippen LogP contribution in [-0.2, 0) is 10.9 Å². The zero-order valence-electron chi connectivity index (χ0n) is 9.66. The van der Waals surface area contributed by atoms with Crippen molar-refractivity contribution in [2.45, 2.75) is 31.7 Å². The number of aliphatic hydroxyl groups excluding tert-OH is 1. The topological polar surface area (TPSA) is 29.5 Å². The monoisotopic (exact) mass is 248 g/mol. The number of hydrogen-bond donors (Lipinski definition) is 1. The normalized spacial score (nSPS) is 15.6. The van der Waals surface area contributed by atoms with E-state index in [2.05, 4.69) is 0 Å². The minimum absolute atomic E-state index is 0.216. The van der Waals surface area contributed by atoms with Crippen LogP contribution in [0.15, 0.2) is 24.3 Å². The number of ether oxygens (including phenoxy) is 1. The molecule has 0 aliphatic heterocycles. The maximum absolute atomic E-state index is 12.5. The van der Waals surface area contributed by atoms with Gasteiger partial charge >= 0.3 is 6.18 Å². The van der Waals surface area contributed by atoms with Gasteiger partial charge in [0.1, 0.15) is 6.10 Å². The summed E-state index contributed by atoms with van der Waals surface area (Å²) in [6, 6.07) is 4.67. The Balaban J connectivity index is 2.99. The Labute approximate surface area is 98.0 Å². The first kappa shape index (κ1) is 14.0. The fourth-order valence-corrected chi connectivity index (χ4v) is 1.63. The fraction of sp³-hybridized carbons (Fsp3) is 0.500. The number of halogens is 3. The summed E-state index contributed by atoms with van der Waals surface area (Å²) in [5.41, 5.74) is -0.548. The van der Waals surface area contributed by atoms with E-state index in [0.717, 1.165) is 12.1 Å². The third kappa shape index (κ3) is 3.44. The van der Waals surface area contributed by atoms with Gasteiger partial charge in [0.15, 0.2) is 0 Å². The minimum atomic E-state index is -4.40. The highest BCUT2D eigenvalue weighted by atomic mass is 19.4. The molecule has 0 aromatic heterocycles. The van der Waals surface area contributed by atoms with E-state index in [1.54, 1.807) is 6.92 Å². The SMILES string of the molecule is CCC(OC)C(O)c1cccc(C(F)(F)F)c1. The second kappa shape index (κ2) is 5.51. The zero-order valence-corrected chi connectivity index (χ0v) is 9.66. The Kier molecular flexibility index (Phi) is 4.54. The van der Waals surface area contributed by atoms with Crippen LogP contribution in [0, 0.1) is 0 Å². The summed E-state index contributed by atoms with van der Waals surface area (Å²) < 4.78 is 42.5. The molecule has 0 saturated heterocycles. The molecule has 17 heavy (non-hydrogen) atoms. The van der Waals surface area contributed by atoms with Gasteiger partial charge in [-0.15, -0.1) is 0 Å². The molecule has 1 aromatic carbocycles. The Morgan fingerprint density at radius 1 is 1.35 bits per heavy atom. The molecule has 1 N–H and O–H groups in total. The maximum Gasteiger partial charge on any atom is 0.416 e. The van der Waals surface area contributed by atoms with Crippen molar-refractivity contribution in [2.75, 3.05) is 7.11 Å². The van der Waals surface area contributed by atoms with E-state index in [4.69, 9.17) is 4.74 Å². The molecule has 1 rings (SSSR count). The third-order valence-corrected chi connectivity index (χ3v) is 2.61. The predicted octanol–water partition coefficient (Wildman–Crippen LogP) is 3.16. The van der Waals surface area contributed by atoms with E-state index >= 15 is 0 Å². The molecule has 0 radical (unpaired) electrons. The van der Waals surface area contributed by atoms with Gasteiger partial charge in [0.05, 0.1) is 11.7 Å². The van der Waals surface area contributed by atoms with Crippen LogP contribution in [0.2, 0.25) is 0 Å². The molecule has 0 amide bonds. The van der Waals surface area contributed by atoms with Crippen molar-refractivity contribution in [1.29, 1.82) is 0 Å². The van der Waals surface area contributed by atoms with E-state index in [9.17, 15) is 18.3 Å². The number of rotatable bonds is 4. The lowest BCUT2D eigenvalue weighted by molar-refractivity contribution is -0.137. The highest BCUT2D eigenvalue weighted by Crippen LogP contribution is 2.31. The maximum atomic E-state index is 12.5. The lowest BCUT2D eigenvalue weighted by Gasteiger charge is -2.21. The van der Waals surface area contributed by atoms with Gasteiger partial charge in [-0.3, -0.25) is 0 Å². The summed E-state index contributed by atoms with van der Waals surface area (Å²) in [7, 11) is 1.42. The lowest BCUT2D eigenvalue weighted by atomic mass is 10.0. The van der Waals surface area contributed by atoms with Gasteiger partial charge in [0.25, 0.3) is 0 Å². The molecule has 0 bridgehead atoms. The molecule has 1 aromatic rings. The molecule has 96 valence electrons. The molecule has 0 aliphatic rings. The molecule has 5 heteroatoms. The van der Waals surface area contributed by atoms with Gasteiger partial charge in [-0.25, -0.2) is 0 Å². The molecule has 0 fully saturated rings. The second-order valence-electron chi connectivity index (χ2n) is 3.75. The van der Waals surface area contributed by atoms with Crippen LogP contribution in [0.5, 0.6) is 0 Å². The largest absolute Gasteiger partial charge is 0.416 e. The number of alkyl halides is 3. The van der Waals surface area contributed by atoms with Crippen molar-refractivity contribution < 1.29 is 23.0 Å². The van der Waals surface area contributed by atoms with Crippen molar-refractivity contribution >= 4 is 0 Å². The number of benzene rings is 1. The Bertz CT molecular complexity index is 359. The Morgan fingerprint density at radius 2 is 2.00 bits per heavy atom. The van der Waals surface area contributed by atoms with Crippen LogP contribution >= 0.6 is 0 Å². The van der Waals surface area contributed by atoms with Crippen LogP contribution in [0.1, 0.15) is 30.6 Å². The van der Waals surface area contributed by atoms with Crippen molar-refractivity contribution in [1.82, 2.24) is 0 Å². The number of aliphatic hydroxyl groups is 1. The smallest absolute Gasteiger partial charge is 0.386 e. The molecule has 0 aliphatic carbocycles. The molecular weight excluding hydrogens is 233 g/mol. The van der Waals surface area contributed by atoms with Gasteiger partial charge < -0.3 is 9.84 Å². The van der Waals surface area contributed by atoms with Gasteiger partial charge in [0.2, 0.25) is 0 Å². The summed E-state index contributed by atoms with van der Waals surface area (Å²) in [5, 5.41) is 9.88. The lowest BCUT2D eigenvalue weighted by Crippen LogP contribution is -2.20. The highest BCUT2D eigenvalue weighted by Gasteiger charge is 2.31. The molecular formula is C12H15F3O2. The summed E-state index contributed by atoms with van der Waals surface area (Å²) in [6.45, 7) is 1.80. The van der Waals surface area contributed by atoms with Crippen LogP contribution in [-0.4, -0.2) is 18.3 Å². The Morgan fingerprint density at radius 3 is 2.47 bits per heavy atom. The molecule has 2 unspecified atom stereocenters. The summed E-state index contributed by atoms with van der Waals surface area (Å²) in [4.78, 5) is 0. The van der Waals surface area contributed by atoms with Crippen LogP contribution in [0.4, 0.5) is 13.2 Å². The van der Waals surface area contributed by atoms with E-state index in [1.807, 2.05) is 0 Å². The van der Waals surface area contributed by atoms with Gasteiger partial charge in [0, 0.05) is 7.11 Å². The van der Waals surface area contributed by atoms with Crippen molar-refractivity contribution in [3.8, 4) is 0 Å². The first-order chi connectivity index (χ1) is 7.90. The molecule has 2 atom stereocenters. The zero-order chi connectivity index (χ0) is 13.1. The van der Waals surface area contributed by atoms with Crippen molar-refractivity contribution in [3.63, 3.8) is 0 Å². The molecule has 0 spiro atoms. The standard InChI is InChI=1S/C12H15F3O2/c1-3-10(17-2)11(16)8-5-4-6-9(7-8)12(13,14)15/h4-7,10-11,16H,3H2,1-2H3. The minimum Gasteiger partial charge on any atom is -0.386 e. The van der Waals surface area contributed by atoms with Crippen molar-refractivity contribution in [2.24, 2.45) is 0 Å². The predicted molar refractivity (Wildman–Crippen MR) is 57.5 cm³/mol. The number of hydrogen-bond acceptors (Lipinski definition) is 2. The first-order valence-corrected chi connectivity index (χ1v) is 5.28. The average Bonchev–Trinajstić information content (AvgIpc) is 2.29. The third-order valence-electron chi connectivity index (χ3n) is 2.61. The highest BCUT2D eigenvalue weighted by molar-refractivity contribution is 5.27. The van der Waals surface area contributed by atoms with E-state index in [0.29, 0.717) is 6.42 Å². The number of methoxy groups -OCH3 is 1. The van der Waals surface area contributed by atoms with Crippen LogP contribution < -0.4 is 0 Å². The van der Waals surface area contributed by atoms with E-state index in [-0.39, 0.29) is 5.56 Å². The van der Waals surface area contributed by atoms with Crippen molar-refractivity contribution in [3.05, 3.63) is 35.4 Å². The van der Waals surface area contributed by atoms with Gasteiger partial charge in [-0.1, -0.05) is 19.1 Å². The molecule has 2 nitrogen and oxygen atoms in total. The molecule has 0 heterocycles. The summed E-state index contributed by atoms with van der Waals surface area (Å²) >= 11 is 0. The first-order valence-electron chi connectivity index (χ1n) is 5.28. The van der Waals surface area contributed by atoms with E-state index < -0.39 is 23.9 Å². The average molecular weight is 248 g/mol. The fourth-order valence-electron chi connectivity index (χ4n) is 1.63. The Hall–Kier alpha value is -1.07. The van der Waals surface area contributed by atoms with Crippen LogP contribution in [0.25, 0.3) is 0 Å². The summed E-state index contributed by atoms with van der Waals surface area (Å²) in [6.07, 6.45) is -5.43. The van der Waals surface area contributed by atoms with Crippen LogP contribution in [0.3, 0.4) is 0 Å². The van der Waals surface area contributed by atoms with Gasteiger partial charge in [-0.2, -0.15) is 13.2 Å².